The molecule has 1 aromatic rings. The lowest BCUT2D eigenvalue weighted by Gasteiger charge is -2.35. The van der Waals surface area contributed by atoms with Gasteiger partial charge in [-0.15, -0.1) is 0 Å². The van der Waals surface area contributed by atoms with Gasteiger partial charge in [0, 0.05) is 58.1 Å². The number of carbonyl (C=O) groups is 2. The Morgan fingerprint density at radius 1 is 1.11 bits per heavy atom. The predicted octanol–water partition coefficient (Wildman–Crippen LogP) is 1.94. The first kappa shape index (κ1) is 20.8. The van der Waals surface area contributed by atoms with Crippen LogP contribution in [-0.2, 0) is 9.59 Å². The summed E-state index contributed by atoms with van der Waals surface area (Å²) in [6.45, 7) is 12.4. The number of carbonyl (C=O) groups excluding carboxylic acids is 2. The van der Waals surface area contributed by atoms with Crippen LogP contribution < -0.4 is 0 Å². The molecule has 0 bridgehead atoms. The second-order valence-electron chi connectivity index (χ2n) is 8.18. The maximum atomic E-state index is 12.8. The van der Waals surface area contributed by atoms with Gasteiger partial charge < -0.3 is 19.3 Å². The molecule has 2 fully saturated rings. The van der Waals surface area contributed by atoms with E-state index in [0.717, 1.165) is 70.9 Å². The van der Waals surface area contributed by atoms with Crippen LogP contribution in [0.4, 0.5) is 0 Å². The zero-order valence-electron chi connectivity index (χ0n) is 17.6. The third kappa shape index (κ3) is 4.93. The van der Waals surface area contributed by atoms with Gasteiger partial charge in [0.1, 0.15) is 11.9 Å². The number of hydrogen-bond donors (Lipinski definition) is 0. The molecule has 0 saturated carbocycles. The number of likely N-dealkylation sites (tertiary alicyclic amines) is 1. The van der Waals surface area contributed by atoms with Crippen LogP contribution in [0, 0.1) is 12.8 Å². The van der Waals surface area contributed by atoms with Gasteiger partial charge in [-0.25, -0.2) is 4.98 Å². The largest absolute Gasteiger partial charge is 0.341 e. The maximum absolute atomic E-state index is 12.8. The van der Waals surface area contributed by atoms with Crippen molar-refractivity contribution in [2.75, 3.05) is 45.8 Å². The summed E-state index contributed by atoms with van der Waals surface area (Å²) in [5.74, 6) is 1.90. The van der Waals surface area contributed by atoms with Gasteiger partial charge in [-0.2, -0.15) is 0 Å². The van der Waals surface area contributed by atoms with E-state index >= 15 is 0 Å². The SMILES string of the molecule is CCN1CCN(C(=O)CCC2CCN(C(=O)C(C)n3ccnc3C)CC2)CC1. The van der Waals surface area contributed by atoms with Crippen LogP contribution in [0.2, 0.25) is 0 Å². The zero-order chi connectivity index (χ0) is 20.1. The lowest BCUT2D eigenvalue weighted by Crippen LogP contribution is -2.48. The van der Waals surface area contributed by atoms with Crippen LogP contribution in [0.25, 0.3) is 0 Å². The highest BCUT2D eigenvalue weighted by molar-refractivity contribution is 5.80. The van der Waals surface area contributed by atoms with Crippen LogP contribution in [0.15, 0.2) is 12.4 Å². The summed E-state index contributed by atoms with van der Waals surface area (Å²) in [6, 6.07) is -0.206. The molecule has 2 saturated heterocycles. The smallest absolute Gasteiger partial charge is 0.245 e. The van der Waals surface area contributed by atoms with E-state index in [2.05, 4.69) is 16.8 Å². The summed E-state index contributed by atoms with van der Waals surface area (Å²) in [7, 11) is 0. The molecule has 1 atom stereocenters. The lowest BCUT2D eigenvalue weighted by molar-refractivity contribution is -0.136. The van der Waals surface area contributed by atoms with Gasteiger partial charge in [-0.05, 0) is 45.6 Å². The summed E-state index contributed by atoms with van der Waals surface area (Å²) in [6.07, 6.45) is 7.21. The molecule has 2 aliphatic heterocycles. The minimum Gasteiger partial charge on any atom is -0.341 e. The van der Waals surface area contributed by atoms with Crippen molar-refractivity contribution in [2.24, 2.45) is 5.92 Å². The summed E-state index contributed by atoms with van der Waals surface area (Å²) in [5.41, 5.74) is 0. The van der Waals surface area contributed by atoms with E-state index in [-0.39, 0.29) is 11.9 Å². The Labute approximate surface area is 168 Å². The third-order valence-electron chi connectivity index (χ3n) is 6.50. The van der Waals surface area contributed by atoms with Crippen LogP contribution in [0.1, 0.15) is 51.4 Å². The van der Waals surface area contributed by atoms with Gasteiger partial charge in [0.05, 0.1) is 0 Å². The highest BCUT2D eigenvalue weighted by atomic mass is 16.2. The van der Waals surface area contributed by atoms with E-state index in [1.807, 2.05) is 34.4 Å². The number of rotatable bonds is 6. The predicted molar refractivity (Wildman–Crippen MR) is 109 cm³/mol. The van der Waals surface area contributed by atoms with Crippen molar-refractivity contribution in [1.29, 1.82) is 0 Å². The van der Waals surface area contributed by atoms with Crippen molar-refractivity contribution in [3.63, 3.8) is 0 Å². The second-order valence-corrected chi connectivity index (χ2v) is 8.18. The zero-order valence-corrected chi connectivity index (χ0v) is 17.6. The van der Waals surface area contributed by atoms with Gasteiger partial charge in [0.2, 0.25) is 11.8 Å². The van der Waals surface area contributed by atoms with Crippen LogP contribution in [0.3, 0.4) is 0 Å². The van der Waals surface area contributed by atoms with Gasteiger partial charge in [-0.1, -0.05) is 6.92 Å². The number of piperidine rings is 1. The van der Waals surface area contributed by atoms with Gasteiger partial charge in [0.25, 0.3) is 0 Å². The minimum absolute atomic E-state index is 0.171. The number of amides is 2. The van der Waals surface area contributed by atoms with E-state index in [0.29, 0.717) is 18.2 Å². The fourth-order valence-corrected chi connectivity index (χ4v) is 4.42. The average molecular weight is 390 g/mol. The highest BCUT2D eigenvalue weighted by Crippen LogP contribution is 2.24. The Morgan fingerprint density at radius 2 is 1.79 bits per heavy atom. The molecule has 156 valence electrons. The molecular formula is C21H35N5O2. The normalized spacial score (nSPS) is 20.4. The lowest BCUT2D eigenvalue weighted by atomic mass is 9.91. The summed E-state index contributed by atoms with van der Waals surface area (Å²) < 4.78 is 1.94. The molecule has 1 unspecified atom stereocenters. The first-order chi connectivity index (χ1) is 13.5. The Bertz CT molecular complexity index is 658. The van der Waals surface area contributed by atoms with Crippen molar-refractivity contribution >= 4 is 11.8 Å². The average Bonchev–Trinajstić information content (AvgIpc) is 3.17. The highest BCUT2D eigenvalue weighted by Gasteiger charge is 2.28. The van der Waals surface area contributed by atoms with Crippen molar-refractivity contribution in [3.8, 4) is 0 Å². The molecule has 2 amide bonds. The molecule has 0 spiro atoms. The summed E-state index contributed by atoms with van der Waals surface area (Å²) in [4.78, 5) is 35.9. The van der Waals surface area contributed by atoms with Gasteiger partial charge in [-0.3, -0.25) is 9.59 Å². The Kier molecular flexibility index (Phi) is 7.10. The Balaban J connectivity index is 1.39. The third-order valence-corrected chi connectivity index (χ3v) is 6.50. The molecule has 0 N–H and O–H groups in total. The minimum atomic E-state index is -0.206. The molecule has 0 aromatic carbocycles. The Morgan fingerprint density at radius 3 is 2.36 bits per heavy atom. The van der Waals surface area contributed by atoms with E-state index in [1.54, 1.807) is 6.20 Å². The van der Waals surface area contributed by atoms with Crippen molar-refractivity contribution in [1.82, 2.24) is 24.3 Å². The molecule has 0 aliphatic carbocycles. The number of hydrogen-bond acceptors (Lipinski definition) is 4. The molecule has 2 aliphatic rings. The second kappa shape index (κ2) is 9.54. The standard InChI is InChI=1S/C21H35N5O2/c1-4-23-13-15-24(16-14-23)20(27)6-5-19-7-10-25(11-8-19)21(28)17(2)26-12-9-22-18(26)3/h9,12,17,19H,4-8,10-11,13-16H2,1-3H3. The van der Waals surface area contributed by atoms with Crippen molar-refractivity contribution < 1.29 is 9.59 Å². The molecule has 3 rings (SSSR count). The van der Waals surface area contributed by atoms with Crippen LogP contribution in [0.5, 0.6) is 0 Å². The van der Waals surface area contributed by atoms with Gasteiger partial charge in [0.15, 0.2) is 0 Å². The first-order valence-corrected chi connectivity index (χ1v) is 10.8. The molecule has 28 heavy (non-hydrogen) atoms. The molecule has 7 nitrogen and oxygen atoms in total. The maximum Gasteiger partial charge on any atom is 0.245 e. The van der Waals surface area contributed by atoms with Crippen molar-refractivity contribution in [2.45, 2.75) is 52.5 Å². The van der Waals surface area contributed by atoms with E-state index in [1.165, 1.54) is 0 Å². The quantitative estimate of drug-likeness (QED) is 0.746. The van der Waals surface area contributed by atoms with Crippen LogP contribution >= 0.6 is 0 Å². The number of likely N-dealkylation sites (N-methyl/N-ethyl adjacent to an activating group) is 1. The number of nitrogens with zero attached hydrogens (tertiary/aromatic N) is 5. The molecule has 1 aromatic heterocycles. The summed E-state index contributed by atoms with van der Waals surface area (Å²) in [5, 5.41) is 0. The Hall–Kier alpha value is -1.89. The number of aromatic nitrogens is 2. The molecular weight excluding hydrogens is 354 g/mol. The summed E-state index contributed by atoms with van der Waals surface area (Å²) >= 11 is 0. The van der Waals surface area contributed by atoms with Crippen molar-refractivity contribution in [3.05, 3.63) is 18.2 Å². The number of piperazine rings is 1. The van der Waals surface area contributed by atoms with E-state index in [9.17, 15) is 9.59 Å². The fourth-order valence-electron chi connectivity index (χ4n) is 4.42. The number of aryl methyl sites for hydroxylation is 1. The molecule has 7 heteroatoms. The monoisotopic (exact) mass is 389 g/mol. The molecule has 3 heterocycles. The topological polar surface area (TPSA) is 61.7 Å². The van der Waals surface area contributed by atoms with Gasteiger partial charge >= 0.3 is 0 Å². The van der Waals surface area contributed by atoms with E-state index in [4.69, 9.17) is 0 Å². The van der Waals surface area contributed by atoms with Crippen LogP contribution in [-0.4, -0.2) is 81.9 Å². The molecule has 0 radical (unpaired) electrons. The fraction of sp³-hybridized carbons (Fsp3) is 0.762. The number of imidazole rings is 1. The first-order valence-electron chi connectivity index (χ1n) is 10.8. The van der Waals surface area contributed by atoms with E-state index < -0.39 is 0 Å².